The summed E-state index contributed by atoms with van der Waals surface area (Å²) >= 11 is 0. The van der Waals surface area contributed by atoms with Crippen molar-refractivity contribution in [2.75, 3.05) is 11.4 Å². The minimum absolute atomic E-state index is 0.0170. The normalized spacial score (nSPS) is 18.6. The molecule has 2 rings (SSSR count). The summed E-state index contributed by atoms with van der Waals surface area (Å²) in [6, 6.07) is 6.37. The molecule has 1 aromatic carbocycles. The molecule has 2 atom stereocenters. The summed E-state index contributed by atoms with van der Waals surface area (Å²) in [4.78, 5) is 39.9. The molecule has 1 aromatic rings. The van der Waals surface area contributed by atoms with E-state index < -0.39 is 12.1 Å². The molecule has 4 amide bonds. The van der Waals surface area contributed by atoms with E-state index in [9.17, 15) is 14.4 Å². The number of hydrogen-bond acceptors (Lipinski definition) is 3. The quantitative estimate of drug-likeness (QED) is 0.761. The summed E-state index contributed by atoms with van der Waals surface area (Å²) in [5.41, 5.74) is 1.74. The van der Waals surface area contributed by atoms with Gasteiger partial charge >= 0.3 is 6.03 Å². The largest absolute Gasteiger partial charge is 0.352 e. The highest BCUT2D eigenvalue weighted by Gasteiger charge is 2.44. The zero-order valence-electron chi connectivity index (χ0n) is 16.3. The number of nitrogens with one attached hydrogen (secondary N) is 1. The van der Waals surface area contributed by atoms with Crippen molar-refractivity contribution in [2.24, 2.45) is 5.92 Å². The molecule has 1 aliphatic heterocycles. The second-order valence-electron chi connectivity index (χ2n) is 7.53. The molecule has 0 radical (unpaired) electrons. The summed E-state index contributed by atoms with van der Waals surface area (Å²) in [6.45, 7) is 9.62. The highest BCUT2D eigenvalue weighted by molar-refractivity contribution is 6.15. The molecule has 1 saturated heterocycles. The number of anilines is 1. The number of amides is 4. The van der Waals surface area contributed by atoms with Crippen LogP contribution in [0.1, 0.15) is 46.1 Å². The number of carbonyl (C=O) groups is 3. The number of benzene rings is 1. The highest BCUT2D eigenvalue weighted by atomic mass is 16.2. The van der Waals surface area contributed by atoms with Crippen molar-refractivity contribution < 1.29 is 14.4 Å². The number of imide groups is 1. The third kappa shape index (κ3) is 4.62. The van der Waals surface area contributed by atoms with Crippen LogP contribution in [0.25, 0.3) is 0 Å². The van der Waals surface area contributed by atoms with E-state index in [0.717, 1.165) is 23.3 Å². The smallest absolute Gasteiger partial charge is 0.332 e. The first-order chi connectivity index (χ1) is 12.2. The number of aryl methyl sites for hydroxylation is 1. The lowest BCUT2D eigenvalue weighted by atomic mass is 10.0. The van der Waals surface area contributed by atoms with Gasteiger partial charge in [0, 0.05) is 11.7 Å². The van der Waals surface area contributed by atoms with Crippen LogP contribution in [0.15, 0.2) is 24.3 Å². The number of urea groups is 1. The van der Waals surface area contributed by atoms with Gasteiger partial charge in [0.25, 0.3) is 5.91 Å². The fraction of sp³-hybridized carbons (Fsp3) is 0.550. The summed E-state index contributed by atoms with van der Waals surface area (Å²) in [5, 5.41) is 2.88. The van der Waals surface area contributed by atoms with E-state index in [1.165, 1.54) is 4.90 Å². The molecule has 0 aromatic heterocycles. The van der Waals surface area contributed by atoms with Crippen molar-refractivity contribution in [1.82, 2.24) is 10.2 Å². The monoisotopic (exact) mass is 359 g/mol. The summed E-state index contributed by atoms with van der Waals surface area (Å²) in [7, 11) is 0. The maximum atomic E-state index is 12.7. The van der Waals surface area contributed by atoms with Gasteiger partial charge in [-0.3, -0.25) is 19.4 Å². The van der Waals surface area contributed by atoms with Crippen molar-refractivity contribution in [3.05, 3.63) is 29.8 Å². The fourth-order valence-corrected chi connectivity index (χ4v) is 3.03. The SMILES string of the molecule is Cc1ccc(N2C(=O)N(CC(=O)N[C@@H](C)CCC(C)C)C(=O)[C@@H]2C)cc1. The molecule has 0 aliphatic carbocycles. The first-order valence-corrected chi connectivity index (χ1v) is 9.21. The Morgan fingerprint density at radius 3 is 2.31 bits per heavy atom. The highest BCUT2D eigenvalue weighted by Crippen LogP contribution is 2.25. The zero-order chi connectivity index (χ0) is 19.4. The lowest BCUT2D eigenvalue weighted by Crippen LogP contribution is -2.44. The first kappa shape index (κ1) is 19.9. The second-order valence-corrected chi connectivity index (χ2v) is 7.53. The standard InChI is InChI=1S/C20H29N3O3/c1-13(2)6-9-15(4)21-18(24)12-22-19(25)16(5)23(20(22)26)17-10-7-14(3)8-11-17/h7-8,10-11,13,15-16H,6,9,12H2,1-5H3,(H,21,24)/t15-,16-/m0/s1. The molecule has 1 aliphatic rings. The van der Waals surface area contributed by atoms with Crippen molar-refractivity contribution in [2.45, 2.75) is 59.5 Å². The molecule has 1 heterocycles. The Kier molecular flexibility index (Phi) is 6.40. The lowest BCUT2D eigenvalue weighted by Gasteiger charge is -2.20. The summed E-state index contributed by atoms with van der Waals surface area (Å²) < 4.78 is 0. The van der Waals surface area contributed by atoms with Gasteiger partial charge in [0.1, 0.15) is 12.6 Å². The Hall–Kier alpha value is -2.37. The average molecular weight is 359 g/mol. The van der Waals surface area contributed by atoms with Gasteiger partial charge in [-0.15, -0.1) is 0 Å². The van der Waals surface area contributed by atoms with Crippen molar-refractivity contribution in [3.63, 3.8) is 0 Å². The van der Waals surface area contributed by atoms with Gasteiger partial charge in [-0.1, -0.05) is 31.5 Å². The predicted molar refractivity (Wildman–Crippen MR) is 102 cm³/mol. The average Bonchev–Trinajstić information content (AvgIpc) is 2.78. The van der Waals surface area contributed by atoms with Crippen LogP contribution in [0.5, 0.6) is 0 Å². The molecule has 0 spiro atoms. The summed E-state index contributed by atoms with van der Waals surface area (Å²) in [5.74, 6) is -0.0820. The molecule has 26 heavy (non-hydrogen) atoms. The van der Waals surface area contributed by atoms with Crippen LogP contribution in [-0.4, -0.2) is 41.4 Å². The van der Waals surface area contributed by atoms with E-state index in [4.69, 9.17) is 0 Å². The number of rotatable bonds is 7. The van der Waals surface area contributed by atoms with E-state index in [2.05, 4.69) is 19.2 Å². The van der Waals surface area contributed by atoms with E-state index in [1.54, 1.807) is 6.92 Å². The first-order valence-electron chi connectivity index (χ1n) is 9.21. The Balaban J connectivity index is 2.01. The number of hydrogen-bond donors (Lipinski definition) is 1. The van der Waals surface area contributed by atoms with Crippen LogP contribution >= 0.6 is 0 Å². The van der Waals surface area contributed by atoms with Gasteiger partial charge in [-0.25, -0.2) is 4.79 Å². The lowest BCUT2D eigenvalue weighted by molar-refractivity contribution is -0.132. The Bertz CT molecular complexity index is 669. The molecule has 1 fully saturated rings. The Morgan fingerprint density at radius 1 is 1.12 bits per heavy atom. The Morgan fingerprint density at radius 2 is 1.73 bits per heavy atom. The van der Waals surface area contributed by atoms with Gasteiger partial charge in [-0.2, -0.15) is 0 Å². The molecule has 6 heteroatoms. The molecular weight excluding hydrogens is 330 g/mol. The van der Waals surface area contributed by atoms with Crippen LogP contribution < -0.4 is 10.2 Å². The minimum Gasteiger partial charge on any atom is -0.352 e. The van der Waals surface area contributed by atoms with Crippen LogP contribution in [0.4, 0.5) is 10.5 Å². The Labute approximate surface area is 155 Å². The van der Waals surface area contributed by atoms with Crippen LogP contribution in [0, 0.1) is 12.8 Å². The molecule has 1 N–H and O–H groups in total. The van der Waals surface area contributed by atoms with Gasteiger partial charge < -0.3 is 5.32 Å². The van der Waals surface area contributed by atoms with E-state index in [1.807, 2.05) is 38.1 Å². The maximum Gasteiger partial charge on any atom is 0.332 e. The topological polar surface area (TPSA) is 69.7 Å². The molecule has 0 bridgehead atoms. The van der Waals surface area contributed by atoms with Gasteiger partial charge in [-0.05, 0) is 51.7 Å². The van der Waals surface area contributed by atoms with Gasteiger partial charge in [0.15, 0.2) is 0 Å². The molecule has 0 saturated carbocycles. The van der Waals surface area contributed by atoms with Crippen LogP contribution in [0.3, 0.4) is 0 Å². The third-order valence-electron chi connectivity index (χ3n) is 4.65. The van der Waals surface area contributed by atoms with E-state index >= 15 is 0 Å². The zero-order valence-corrected chi connectivity index (χ0v) is 16.3. The molecule has 6 nitrogen and oxygen atoms in total. The van der Waals surface area contributed by atoms with Crippen molar-refractivity contribution >= 4 is 23.5 Å². The molecular formula is C20H29N3O3. The number of nitrogens with zero attached hydrogens (tertiary/aromatic N) is 2. The maximum absolute atomic E-state index is 12.7. The summed E-state index contributed by atoms with van der Waals surface area (Å²) in [6.07, 6.45) is 1.89. The molecule has 142 valence electrons. The third-order valence-corrected chi connectivity index (χ3v) is 4.65. The van der Waals surface area contributed by atoms with Crippen molar-refractivity contribution in [1.29, 1.82) is 0 Å². The van der Waals surface area contributed by atoms with Gasteiger partial charge in [0.05, 0.1) is 0 Å². The number of carbonyl (C=O) groups excluding carboxylic acids is 3. The predicted octanol–water partition coefficient (Wildman–Crippen LogP) is 3.09. The minimum atomic E-state index is -0.614. The van der Waals surface area contributed by atoms with Gasteiger partial charge in [0.2, 0.25) is 5.91 Å². The van der Waals surface area contributed by atoms with Crippen LogP contribution in [-0.2, 0) is 9.59 Å². The van der Waals surface area contributed by atoms with E-state index in [0.29, 0.717) is 11.6 Å². The fourth-order valence-electron chi connectivity index (χ4n) is 3.03. The van der Waals surface area contributed by atoms with E-state index in [-0.39, 0.29) is 24.4 Å². The second kappa shape index (κ2) is 8.34. The van der Waals surface area contributed by atoms with Crippen LogP contribution in [0.2, 0.25) is 0 Å². The molecule has 0 unspecified atom stereocenters. The van der Waals surface area contributed by atoms with Crippen molar-refractivity contribution in [3.8, 4) is 0 Å².